The van der Waals surface area contributed by atoms with Gasteiger partial charge in [0.05, 0.1) is 18.8 Å². The minimum atomic E-state index is -2.74. The van der Waals surface area contributed by atoms with Crippen molar-refractivity contribution in [3.8, 4) is 0 Å². The molecule has 8 heteroatoms. The molecule has 2 bridgehead atoms. The molecule has 4 rings (SSSR count). The molecule has 0 spiro atoms. The molecule has 5 nitrogen and oxygen atoms in total. The second kappa shape index (κ2) is 10.4. The predicted octanol–water partition coefficient (Wildman–Crippen LogP) is 2.96. The molecule has 2 aliphatic heterocycles. The van der Waals surface area contributed by atoms with Gasteiger partial charge in [-0.3, -0.25) is 0 Å². The predicted molar refractivity (Wildman–Crippen MR) is 143 cm³/mol. The maximum atomic E-state index is 10.6. The summed E-state index contributed by atoms with van der Waals surface area (Å²) in [6.45, 7) is 7.46. The highest BCUT2D eigenvalue weighted by Crippen LogP contribution is 2.45. The van der Waals surface area contributed by atoms with Crippen molar-refractivity contribution in [2.45, 2.75) is 50.2 Å². The molecule has 2 aromatic rings. The normalized spacial score (nSPS) is 28.8. The van der Waals surface area contributed by atoms with E-state index in [-0.39, 0.29) is 16.9 Å². The lowest BCUT2D eigenvalue weighted by molar-refractivity contribution is -0.0381. The fraction of sp³-hybridized carbons (Fsp3) is 0.500. The van der Waals surface area contributed by atoms with Crippen molar-refractivity contribution in [3.05, 3.63) is 60.7 Å². The van der Waals surface area contributed by atoms with Gasteiger partial charge in [-0.25, -0.2) is 0 Å². The summed E-state index contributed by atoms with van der Waals surface area (Å²) in [6.07, 6.45) is -0.957. The quantitative estimate of drug-likeness (QED) is 0.432. The number of aliphatic hydroxyl groups excluding tert-OH is 2. The van der Waals surface area contributed by atoms with Crippen LogP contribution in [0.1, 0.15) is 20.8 Å². The Bertz CT molecular complexity index is 929. The van der Waals surface area contributed by atoms with Gasteiger partial charge in [0.15, 0.2) is 0 Å². The van der Waals surface area contributed by atoms with Gasteiger partial charge < -0.3 is 24.1 Å². The molecule has 2 aliphatic rings. The van der Waals surface area contributed by atoms with E-state index in [0.717, 1.165) is 0 Å². The van der Waals surface area contributed by atoms with E-state index in [0.29, 0.717) is 17.6 Å². The number of thioether (sulfide) groups is 1. The first-order chi connectivity index (χ1) is 16.2. The molecule has 2 fully saturated rings. The Morgan fingerprint density at radius 2 is 1.38 bits per heavy atom. The van der Waals surface area contributed by atoms with Crippen LogP contribution >= 0.6 is 24.0 Å². The molecule has 0 aliphatic carbocycles. The summed E-state index contributed by atoms with van der Waals surface area (Å²) < 4.78 is 19.4. The van der Waals surface area contributed by atoms with Gasteiger partial charge in [-0.2, -0.15) is 0 Å². The van der Waals surface area contributed by atoms with Crippen LogP contribution in [-0.2, 0) is 13.9 Å². The molecule has 2 saturated heterocycles. The lowest BCUT2D eigenvalue weighted by atomic mass is 9.77. The summed E-state index contributed by atoms with van der Waals surface area (Å²) in [5.41, 5.74) is 0. The van der Waals surface area contributed by atoms with Crippen molar-refractivity contribution in [2.24, 2.45) is 11.8 Å². The average Bonchev–Trinajstić information content (AvgIpc) is 3.33. The molecule has 0 aromatic heterocycles. The monoisotopic (exact) mass is 518 g/mol. The lowest BCUT2D eigenvalue weighted by Gasteiger charge is -2.44. The third-order valence-corrected chi connectivity index (χ3v) is 13.3. The van der Waals surface area contributed by atoms with Crippen molar-refractivity contribution in [1.29, 1.82) is 0 Å². The highest BCUT2D eigenvalue weighted by molar-refractivity contribution is 8.22. The lowest BCUT2D eigenvalue weighted by Crippen LogP contribution is -2.67. The van der Waals surface area contributed by atoms with E-state index in [1.165, 1.54) is 22.1 Å². The molecular weight excluding hydrogens is 485 g/mol. The second-order valence-electron chi connectivity index (χ2n) is 10.1. The van der Waals surface area contributed by atoms with Crippen LogP contribution in [-0.4, -0.2) is 66.8 Å². The molecule has 2 heterocycles. The molecule has 0 unspecified atom stereocenters. The summed E-state index contributed by atoms with van der Waals surface area (Å²) in [4.78, 5) is 0. The molecular formula is C26H34O5S2Si. The Kier molecular flexibility index (Phi) is 7.88. The van der Waals surface area contributed by atoms with Gasteiger partial charge in [0, 0.05) is 18.4 Å². The van der Waals surface area contributed by atoms with Gasteiger partial charge in [0.2, 0.25) is 4.38 Å². The van der Waals surface area contributed by atoms with Crippen LogP contribution in [0, 0.1) is 11.8 Å². The Hall–Kier alpha value is -1.26. The minimum Gasteiger partial charge on any atom is -0.478 e. The second-order valence-corrected chi connectivity index (χ2v) is 15.8. The van der Waals surface area contributed by atoms with E-state index < -0.39 is 32.7 Å². The number of ether oxygens (including phenoxy) is 2. The fourth-order valence-corrected chi connectivity index (χ4v) is 10.4. The van der Waals surface area contributed by atoms with E-state index in [9.17, 15) is 10.2 Å². The smallest absolute Gasteiger partial charge is 0.261 e. The van der Waals surface area contributed by atoms with Crippen molar-refractivity contribution in [2.75, 3.05) is 19.5 Å². The summed E-state index contributed by atoms with van der Waals surface area (Å²) in [5, 5.41) is 23.4. The van der Waals surface area contributed by atoms with E-state index in [1.54, 1.807) is 0 Å². The molecule has 184 valence electrons. The first-order valence-corrected chi connectivity index (χ1v) is 15.2. The zero-order chi connectivity index (χ0) is 24.5. The number of rotatable bonds is 7. The Balaban J connectivity index is 1.69. The molecule has 0 radical (unpaired) electrons. The first kappa shape index (κ1) is 25.8. The fourth-order valence-electron chi connectivity index (χ4n) is 5.57. The largest absolute Gasteiger partial charge is 0.478 e. The van der Waals surface area contributed by atoms with Crippen LogP contribution in [0.4, 0.5) is 0 Å². The summed E-state index contributed by atoms with van der Waals surface area (Å²) >= 11 is 6.61. The van der Waals surface area contributed by atoms with Crippen molar-refractivity contribution < 1.29 is 24.1 Å². The van der Waals surface area contributed by atoms with Gasteiger partial charge >= 0.3 is 0 Å². The van der Waals surface area contributed by atoms with Crippen molar-refractivity contribution >= 4 is 47.1 Å². The van der Waals surface area contributed by atoms with Gasteiger partial charge in [-0.05, 0) is 33.9 Å². The van der Waals surface area contributed by atoms with Gasteiger partial charge in [-0.1, -0.05) is 93.2 Å². The molecule has 0 saturated carbocycles. The zero-order valence-corrected chi connectivity index (χ0v) is 22.7. The third kappa shape index (κ3) is 4.62. The topological polar surface area (TPSA) is 68.2 Å². The van der Waals surface area contributed by atoms with E-state index >= 15 is 0 Å². The third-order valence-electron chi connectivity index (χ3n) is 7.20. The zero-order valence-electron chi connectivity index (χ0n) is 20.1. The summed E-state index contributed by atoms with van der Waals surface area (Å²) in [7, 11) is -2.74. The summed E-state index contributed by atoms with van der Waals surface area (Å²) in [5.74, 6) is -0.235. The number of hydrogen-bond donors (Lipinski definition) is 2. The van der Waals surface area contributed by atoms with Gasteiger partial charge in [-0.15, -0.1) is 0 Å². The Labute approximate surface area is 213 Å². The van der Waals surface area contributed by atoms with E-state index in [1.807, 2.05) is 18.4 Å². The van der Waals surface area contributed by atoms with Crippen molar-refractivity contribution in [3.63, 3.8) is 0 Å². The molecule has 6 atom stereocenters. The average molecular weight is 519 g/mol. The van der Waals surface area contributed by atoms with Gasteiger partial charge in [0.25, 0.3) is 8.32 Å². The molecule has 0 amide bonds. The SMILES string of the molecule is CSC(=S)OC[C@H]1[C@@H](CO[Si](c2ccccc2)(c2ccccc2)C(C)(C)C)[C@H]2O[C@@H]1[C@H](O)[C@@H]2O. The van der Waals surface area contributed by atoms with Crippen LogP contribution in [0.5, 0.6) is 0 Å². The summed E-state index contributed by atoms with van der Waals surface area (Å²) in [6, 6.07) is 21.0. The Morgan fingerprint density at radius 3 is 1.82 bits per heavy atom. The van der Waals surface area contributed by atoms with E-state index in [4.69, 9.17) is 26.1 Å². The number of fused-ring (bicyclic) bond motifs is 2. The van der Waals surface area contributed by atoms with Crippen LogP contribution in [0.25, 0.3) is 0 Å². The van der Waals surface area contributed by atoms with Crippen LogP contribution in [0.15, 0.2) is 60.7 Å². The molecule has 34 heavy (non-hydrogen) atoms. The van der Waals surface area contributed by atoms with Crippen LogP contribution in [0.3, 0.4) is 0 Å². The Morgan fingerprint density at radius 1 is 0.912 bits per heavy atom. The first-order valence-electron chi connectivity index (χ1n) is 11.7. The number of hydrogen-bond acceptors (Lipinski definition) is 7. The standard InChI is InChI=1S/C26H34O5S2Si/c1-26(2,3)34(17-11-7-5-8-12-17,18-13-9-6-10-14-18)30-16-20-19(15-29-25(32)33-4)23-21(27)22(28)24(20)31-23/h5-14,19-24,27-28H,15-16H2,1-4H3/t19-,20+,21+,22-,23-,24+/m0/s1. The van der Waals surface area contributed by atoms with Gasteiger partial charge in [0.1, 0.15) is 12.2 Å². The number of benzene rings is 2. The highest BCUT2D eigenvalue weighted by atomic mass is 32.2. The van der Waals surface area contributed by atoms with Crippen LogP contribution in [0.2, 0.25) is 5.04 Å². The van der Waals surface area contributed by atoms with E-state index in [2.05, 4.69) is 69.3 Å². The maximum absolute atomic E-state index is 10.6. The highest BCUT2D eigenvalue weighted by Gasteiger charge is 2.60. The minimum absolute atomic E-state index is 0.116. The molecule has 2 aromatic carbocycles. The van der Waals surface area contributed by atoms with Crippen molar-refractivity contribution in [1.82, 2.24) is 0 Å². The number of aliphatic hydroxyl groups is 2. The molecule has 2 N–H and O–H groups in total. The maximum Gasteiger partial charge on any atom is 0.261 e. The van der Waals surface area contributed by atoms with Crippen LogP contribution < -0.4 is 10.4 Å². The number of thiocarbonyl (C=S) groups is 1.